The first-order valence-electron chi connectivity index (χ1n) is 7.99. The van der Waals surface area contributed by atoms with Gasteiger partial charge in [-0.2, -0.15) is 0 Å². The monoisotopic (exact) mass is 349 g/mol. The number of ether oxygens (including phenoxy) is 1. The van der Waals surface area contributed by atoms with E-state index in [0.29, 0.717) is 28.8 Å². The zero-order chi connectivity index (χ0) is 17.9. The molecule has 2 heterocycles. The normalized spacial score (nSPS) is 10.8. The fraction of sp³-hybridized carbons (Fsp3) is 0.105. The molecule has 2 aromatic heterocycles. The summed E-state index contributed by atoms with van der Waals surface area (Å²) in [6.45, 7) is 1.90. The van der Waals surface area contributed by atoms with E-state index in [9.17, 15) is 4.79 Å². The van der Waals surface area contributed by atoms with E-state index in [1.54, 1.807) is 37.3 Å². The van der Waals surface area contributed by atoms with E-state index in [4.69, 9.17) is 13.6 Å². The molecule has 0 aliphatic carbocycles. The molecular weight excluding hydrogens is 334 g/mol. The lowest BCUT2D eigenvalue weighted by atomic mass is 10.2. The maximum absolute atomic E-state index is 12.3. The molecule has 0 atom stereocenters. The minimum atomic E-state index is -0.309. The van der Waals surface area contributed by atoms with Crippen molar-refractivity contribution in [1.29, 1.82) is 0 Å². The van der Waals surface area contributed by atoms with Crippen LogP contribution >= 0.6 is 0 Å². The average Bonchev–Trinajstić information content (AvgIpc) is 3.27. The zero-order valence-electron chi connectivity index (χ0n) is 13.9. The maximum Gasteiger partial charge on any atom is 0.291 e. The summed E-state index contributed by atoms with van der Waals surface area (Å²) < 4.78 is 16.4. The molecule has 0 unspecified atom stereocenters. The van der Waals surface area contributed by atoms with Crippen molar-refractivity contribution < 1.29 is 18.4 Å². The molecular formula is C19H15N3O4. The van der Waals surface area contributed by atoms with Crippen molar-refractivity contribution in [3.63, 3.8) is 0 Å². The van der Waals surface area contributed by atoms with E-state index in [0.717, 1.165) is 5.39 Å². The number of nitrogens with zero attached hydrogens (tertiary/aromatic N) is 2. The Morgan fingerprint density at radius 2 is 1.88 bits per heavy atom. The molecule has 7 nitrogen and oxygen atoms in total. The highest BCUT2D eigenvalue weighted by atomic mass is 16.5. The number of amides is 1. The molecule has 7 heteroatoms. The Morgan fingerprint density at radius 3 is 2.62 bits per heavy atom. The predicted octanol–water partition coefficient (Wildman–Crippen LogP) is 3.96. The SMILES string of the molecule is Cc1nnc(COc2ccc(NC(=O)c3cc4ccccc4o3)cc2)o1. The second-order valence-electron chi connectivity index (χ2n) is 5.63. The quantitative estimate of drug-likeness (QED) is 0.586. The minimum Gasteiger partial charge on any atom is -0.484 e. The number of rotatable bonds is 5. The van der Waals surface area contributed by atoms with Crippen molar-refractivity contribution in [3.05, 3.63) is 72.1 Å². The van der Waals surface area contributed by atoms with Gasteiger partial charge in [-0.1, -0.05) is 18.2 Å². The molecule has 1 amide bonds. The highest BCUT2D eigenvalue weighted by molar-refractivity contribution is 6.04. The lowest BCUT2D eigenvalue weighted by Crippen LogP contribution is -2.10. The van der Waals surface area contributed by atoms with E-state index in [1.165, 1.54) is 0 Å². The summed E-state index contributed by atoms with van der Waals surface area (Å²) in [7, 11) is 0. The van der Waals surface area contributed by atoms with Gasteiger partial charge in [-0.3, -0.25) is 4.79 Å². The van der Waals surface area contributed by atoms with Crippen molar-refractivity contribution in [2.45, 2.75) is 13.5 Å². The van der Waals surface area contributed by atoms with Gasteiger partial charge < -0.3 is 18.9 Å². The van der Waals surface area contributed by atoms with Crippen LogP contribution in [0.15, 0.2) is 63.4 Å². The number of carbonyl (C=O) groups is 1. The molecule has 0 aliphatic heterocycles. The number of furan rings is 1. The van der Waals surface area contributed by atoms with Gasteiger partial charge in [-0.05, 0) is 36.4 Å². The van der Waals surface area contributed by atoms with Gasteiger partial charge in [0.15, 0.2) is 12.4 Å². The third kappa shape index (κ3) is 3.41. The Hall–Kier alpha value is -3.61. The molecule has 0 bridgehead atoms. The molecule has 2 aromatic carbocycles. The molecule has 1 N–H and O–H groups in total. The van der Waals surface area contributed by atoms with Crippen LogP contribution in [0.1, 0.15) is 22.3 Å². The standard InChI is InChI=1S/C19H15N3O4/c1-12-21-22-18(25-12)11-24-15-8-6-14(7-9-15)20-19(23)17-10-13-4-2-3-5-16(13)26-17/h2-10H,11H2,1H3,(H,20,23). The molecule has 0 fully saturated rings. The minimum absolute atomic E-state index is 0.186. The lowest BCUT2D eigenvalue weighted by molar-refractivity contribution is 0.0998. The van der Waals surface area contributed by atoms with Crippen LogP contribution in [0.25, 0.3) is 11.0 Å². The number of hydrogen-bond acceptors (Lipinski definition) is 6. The van der Waals surface area contributed by atoms with E-state index in [-0.39, 0.29) is 18.3 Å². The van der Waals surface area contributed by atoms with Crippen LogP contribution in [-0.2, 0) is 6.61 Å². The van der Waals surface area contributed by atoms with Gasteiger partial charge in [0.2, 0.25) is 5.89 Å². The Labute approximate surface area is 148 Å². The van der Waals surface area contributed by atoms with Gasteiger partial charge in [0, 0.05) is 18.0 Å². The van der Waals surface area contributed by atoms with Crippen molar-refractivity contribution in [3.8, 4) is 5.75 Å². The number of aromatic nitrogens is 2. The second kappa shape index (κ2) is 6.72. The number of nitrogens with one attached hydrogen (secondary N) is 1. The fourth-order valence-corrected chi connectivity index (χ4v) is 2.46. The first-order chi connectivity index (χ1) is 12.7. The van der Waals surface area contributed by atoms with Crippen LogP contribution in [0.4, 0.5) is 5.69 Å². The van der Waals surface area contributed by atoms with Crippen LogP contribution in [0, 0.1) is 6.92 Å². The van der Waals surface area contributed by atoms with Crippen LogP contribution in [0.2, 0.25) is 0 Å². The van der Waals surface area contributed by atoms with Crippen molar-refractivity contribution in [2.24, 2.45) is 0 Å². The third-order valence-electron chi connectivity index (χ3n) is 3.69. The summed E-state index contributed by atoms with van der Waals surface area (Å²) in [4.78, 5) is 12.3. The number of hydrogen-bond donors (Lipinski definition) is 1. The molecule has 0 saturated heterocycles. The lowest BCUT2D eigenvalue weighted by Gasteiger charge is -2.06. The van der Waals surface area contributed by atoms with Gasteiger partial charge in [-0.15, -0.1) is 10.2 Å². The van der Waals surface area contributed by atoms with Gasteiger partial charge in [-0.25, -0.2) is 0 Å². The summed E-state index contributed by atoms with van der Waals surface area (Å²) in [5.41, 5.74) is 1.31. The molecule has 0 saturated carbocycles. The molecule has 0 radical (unpaired) electrons. The summed E-state index contributed by atoms with van der Waals surface area (Å²) in [6.07, 6.45) is 0. The molecule has 4 aromatic rings. The van der Waals surface area contributed by atoms with Crippen molar-refractivity contribution in [1.82, 2.24) is 10.2 Å². The Balaban J connectivity index is 1.39. The van der Waals surface area contributed by atoms with Gasteiger partial charge in [0.05, 0.1) is 0 Å². The van der Waals surface area contributed by atoms with Crippen LogP contribution < -0.4 is 10.1 Å². The molecule has 4 rings (SSSR count). The number of anilines is 1. The van der Waals surface area contributed by atoms with Gasteiger partial charge >= 0.3 is 0 Å². The number of aryl methyl sites for hydroxylation is 1. The second-order valence-corrected chi connectivity index (χ2v) is 5.63. The topological polar surface area (TPSA) is 90.4 Å². The molecule has 0 aliphatic rings. The van der Waals surface area contributed by atoms with Gasteiger partial charge in [0.1, 0.15) is 11.3 Å². The van der Waals surface area contributed by atoms with E-state index >= 15 is 0 Å². The first-order valence-corrected chi connectivity index (χ1v) is 7.99. The predicted molar refractivity (Wildman–Crippen MR) is 94.0 cm³/mol. The van der Waals surface area contributed by atoms with Crippen LogP contribution in [0.3, 0.4) is 0 Å². The smallest absolute Gasteiger partial charge is 0.291 e. The fourth-order valence-electron chi connectivity index (χ4n) is 2.46. The highest BCUT2D eigenvalue weighted by Gasteiger charge is 2.12. The summed E-state index contributed by atoms with van der Waals surface area (Å²) in [5.74, 6) is 1.48. The van der Waals surface area contributed by atoms with Crippen LogP contribution in [-0.4, -0.2) is 16.1 Å². The van der Waals surface area contributed by atoms with Gasteiger partial charge in [0.25, 0.3) is 11.8 Å². The maximum atomic E-state index is 12.3. The third-order valence-corrected chi connectivity index (χ3v) is 3.69. The Bertz CT molecular complexity index is 1020. The molecule has 130 valence electrons. The molecule has 0 spiro atoms. The number of benzene rings is 2. The summed E-state index contributed by atoms with van der Waals surface area (Å²) >= 11 is 0. The number of fused-ring (bicyclic) bond motifs is 1. The highest BCUT2D eigenvalue weighted by Crippen LogP contribution is 2.21. The number of carbonyl (C=O) groups excluding carboxylic acids is 1. The Kier molecular flexibility index (Phi) is 4.10. The first kappa shape index (κ1) is 15.9. The average molecular weight is 349 g/mol. The largest absolute Gasteiger partial charge is 0.484 e. The number of para-hydroxylation sites is 1. The van der Waals surface area contributed by atoms with E-state index in [1.807, 2.05) is 24.3 Å². The van der Waals surface area contributed by atoms with Crippen LogP contribution in [0.5, 0.6) is 5.75 Å². The van der Waals surface area contributed by atoms with Crippen molar-refractivity contribution >= 4 is 22.6 Å². The summed E-state index contributed by atoms with van der Waals surface area (Å²) in [5, 5.41) is 11.3. The zero-order valence-corrected chi connectivity index (χ0v) is 13.9. The Morgan fingerprint density at radius 1 is 1.08 bits per heavy atom. The van der Waals surface area contributed by atoms with Crippen molar-refractivity contribution in [2.75, 3.05) is 5.32 Å². The summed E-state index contributed by atoms with van der Waals surface area (Å²) in [6, 6.07) is 16.2. The molecule has 26 heavy (non-hydrogen) atoms. The van der Waals surface area contributed by atoms with E-state index < -0.39 is 0 Å². The van der Waals surface area contributed by atoms with E-state index in [2.05, 4.69) is 15.5 Å².